The van der Waals surface area contributed by atoms with E-state index >= 15 is 0 Å². The fourth-order valence-electron chi connectivity index (χ4n) is 2.75. The predicted molar refractivity (Wildman–Crippen MR) is 106 cm³/mol. The normalized spacial score (nSPS) is 10.4. The Kier molecular flexibility index (Phi) is 6.04. The van der Waals surface area contributed by atoms with Crippen LogP contribution in [0.2, 0.25) is 0 Å². The van der Waals surface area contributed by atoms with Crippen LogP contribution in [-0.4, -0.2) is 30.2 Å². The predicted octanol–water partition coefficient (Wildman–Crippen LogP) is 4.30. The quantitative estimate of drug-likeness (QED) is 0.658. The van der Waals surface area contributed by atoms with E-state index in [1.165, 1.54) is 5.56 Å². The van der Waals surface area contributed by atoms with Crippen molar-refractivity contribution in [2.24, 2.45) is 0 Å². The van der Waals surface area contributed by atoms with Crippen molar-refractivity contribution in [3.8, 4) is 5.75 Å². The van der Waals surface area contributed by atoms with Crippen LogP contribution in [0.4, 0.5) is 17.5 Å². The molecule has 134 valence electrons. The molecule has 0 saturated carbocycles. The summed E-state index contributed by atoms with van der Waals surface area (Å²) in [5.41, 5.74) is 2.34. The standard InChI is InChI=1S/C21H24N4O/c1-3-25(18-7-5-4-6-8-18)21-23-16-14-20(24-21)22-15-13-17-9-11-19(26-2)12-10-17/h4-12,14,16H,3,13,15H2,1-2H3,(H,22,23,24). The van der Waals surface area contributed by atoms with Gasteiger partial charge in [-0.2, -0.15) is 4.98 Å². The van der Waals surface area contributed by atoms with Crippen LogP contribution in [0.5, 0.6) is 5.75 Å². The Morgan fingerprint density at radius 2 is 1.77 bits per heavy atom. The number of ether oxygens (including phenoxy) is 1. The lowest BCUT2D eigenvalue weighted by molar-refractivity contribution is 0.414. The smallest absolute Gasteiger partial charge is 0.231 e. The Hall–Kier alpha value is -3.08. The number of rotatable bonds is 8. The fraction of sp³-hybridized carbons (Fsp3) is 0.238. The lowest BCUT2D eigenvalue weighted by atomic mass is 10.1. The number of benzene rings is 2. The Morgan fingerprint density at radius 1 is 1.00 bits per heavy atom. The van der Waals surface area contributed by atoms with Crippen LogP contribution in [0.25, 0.3) is 0 Å². The first-order valence-electron chi connectivity index (χ1n) is 8.82. The molecule has 3 aromatic rings. The second kappa shape index (κ2) is 8.85. The van der Waals surface area contributed by atoms with Gasteiger partial charge in [0.2, 0.25) is 5.95 Å². The van der Waals surface area contributed by atoms with E-state index in [0.717, 1.165) is 36.8 Å². The molecular formula is C21H24N4O. The number of nitrogens with one attached hydrogen (secondary N) is 1. The van der Waals surface area contributed by atoms with E-state index in [9.17, 15) is 0 Å². The van der Waals surface area contributed by atoms with Gasteiger partial charge in [0, 0.05) is 25.0 Å². The van der Waals surface area contributed by atoms with E-state index in [0.29, 0.717) is 5.95 Å². The third-order valence-corrected chi connectivity index (χ3v) is 4.15. The SMILES string of the molecule is CCN(c1ccccc1)c1nccc(NCCc2ccc(OC)cc2)n1. The number of hydrogen-bond donors (Lipinski definition) is 1. The van der Waals surface area contributed by atoms with Gasteiger partial charge in [-0.3, -0.25) is 0 Å². The van der Waals surface area contributed by atoms with Crippen LogP contribution in [0.3, 0.4) is 0 Å². The Bertz CT molecular complexity index is 806. The maximum absolute atomic E-state index is 5.19. The minimum atomic E-state index is 0.702. The van der Waals surface area contributed by atoms with E-state index in [2.05, 4.69) is 51.4 Å². The molecule has 0 aliphatic heterocycles. The lowest BCUT2D eigenvalue weighted by Crippen LogP contribution is -2.19. The van der Waals surface area contributed by atoms with Crippen molar-refractivity contribution in [3.63, 3.8) is 0 Å². The molecule has 5 nitrogen and oxygen atoms in total. The second-order valence-corrected chi connectivity index (χ2v) is 5.85. The molecule has 0 unspecified atom stereocenters. The maximum Gasteiger partial charge on any atom is 0.231 e. The molecule has 0 aliphatic rings. The monoisotopic (exact) mass is 348 g/mol. The number of nitrogens with zero attached hydrogens (tertiary/aromatic N) is 3. The van der Waals surface area contributed by atoms with E-state index in [4.69, 9.17) is 4.74 Å². The molecular weight excluding hydrogens is 324 g/mol. The van der Waals surface area contributed by atoms with Crippen LogP contribution in [0.15, 0.2) is 66.9 Å². The molecule has 5 heteroatoms. The number of hydrogen-bond acceptors (Lipinski definition) is 5. The Morgan fingerprint density at radius 3 is 2.46 bits per heavy atom. The molecule has 26 heavy (non-hydrogen) atoms. The second-order valence-electron chi connectivity index (χ2n) is 5.85. The van der Waals surface area contributed by atoms with E-state index in [-0.39, 0.29) is 0 Å². The highest BCUT2D eigenvalue weighted by Crippen LogP contribution is 2.22. The van der Waals surface area contributed by atoms with Gasteiger partial charge < -0.3 is 15.0 Å². The minimum absolute atomic E-state index is 0.702. The molecule has 1 heterocycles. The van der Waals surface area contributed by atoms with Crippen LogP contribution in [-0.2, 0) is 6.42 Å². The summed E-state index contributed by atoms with van der Waals surface area (Å²) < 4.78 is 5.19. The summed E-state index contributed by atoms with van der Waals surface area (Å²) in [5.74, 6) is 2.41. The van der Waals surface area contributed by atoms with Gasteiger partial charge in [0.25, 0.3) is 0 Å². The van der Waals surface area contributed by atoms with Crippen LogP contribution in [0.1, 0.15) is 12.5 Å². The first-order valence-corrected chi connectivity index (χ1v) is 8.82. The highest BCUT2D eigenvalue weighted by molar-refractivity contribution is 5.58. The van der Waals surface area contributed by atoms with Crippen molar-refractivity contribution < 1.29 is 4.74 Å². The summed E-state index contributed by atoms with van der Waals surface area (Å²) in [4.78, 5) is 11.2. The number of methoxy groups -OCH3 is 1. The third-order valence-electron chi connectivity index (χ3n) is 4.15. The molecule has 0 fully saturated rings. The minimum Gasteiger partial charge on any atom is -0.497 e. The summed E-state index contributed by atoms with van der Waals surface area (Å²) in [6.07, 6.45) is 2.71. The van der Waals surface area contributed by atoms with Gasteiger partial charge >= 0.3 is 0 Å². The van der Waals surface area contributed by atoms with E-state index < -0.39 is 0 Å². The molecule has 0 radical (unpaired) electrons. The summed E-state index contributed by atoms with van der Waals surface area (Å²) in [7, 11) is 1.68. The summed E-state index contributed by atoms with van der Waals surface area (Å²) in [5, 5.41) is 3.38. The molecule has 1 aromatic heterocycles. The Balaban J connectivity index is 1.63. The molecule has 0 saturated heterocycles. The van der Waals surface area contributed by atoms with Crippen molar-refractivity contribution in [1.29, 1.82) is 0 Å². The zero-order chi connectivity index (χ0) is 18.2. The largest absolute Gasteiger partial charge is 0.497 e. The van der Waals surface area contributed by atoms with Crippen LogP contribution in [0, 0.1) is 0 Å². The zero-order valence-corrected chi connectivity index (χ0v) is 15.2. The first-order chi connectivity index (χ1) is 12.8. The van der Waals surface area contributed by atoms with Crippen molar-refractivity contribution in [2.45, 2.75) is 13.3 Å². The zero-order valence-electron chi connectivity index (χ0n) is 15.2. The first kappa shape index (κ1) is 17.7. The molecule has 0 aliphatic carbocycles. The van der Waals surface area contributed by atoms with Gasteiger partial charge in [0.15, 0.2) is 0 Å². The van der Waals surface area contributed by atoms with Gasteiger partial charge in [-0.25, -0.2) is 4.98 Å². The molecule has 0 bridgehead atoms. The van der Waals surface area contributed by atoms with Crippen molar-refractivity contribution in [3.05, 3.63) is 72.4 Å². The summed E-state index contributed by atoms with van der Waals surface area (Å²) in [6.45, 7) is 3.71. The molecule has 0 amide bonds. The third kappa shape index (κ3) is 4.51. The lowest BCUT2D eigenvalue weighted by Gasteiger charge is -2.21. The highest BCUT2D eigenvalue weighted by Gasteiger charge is 2.10. The van der Waals surface area contributed by atoms with Gasteiger partial charge in [0.1, 0.15) is 11.6 Å². The van der Waals surface area contributed by atoms with Crippen molar-refractivity contribution in [2.75, 3.05) is 30.4 Å². The van der Waals surface area contributed by atoms with Gasteiger partial charge in [-0.15, -0.1) is 0 Å². The fourth-order valence-corrected chi connectivity index (χ4v) is 2.75. The number of anilines is 3. The van der Waals surface area contributed by atoms with Crippen molar-refractivity contribution >= 4 is 17.5 Å². The molecule has 3 rings (SSSR count). The average Bonchev–Trinajstić information content (AvgIpc) is 2.70. The summed E-state index contributed by atoms with van der Waals surface area (Å²) >= 11 is 0. The van der Waals surface area contributed by atoms with E-state index in [1.807, 2.05) is 36.4 Å². The van der Waals surface area contributed by atoms with Crippen molar-refractivity contribution in [1.82, 2.24) is 9.97 Å². The topological polar surface area (TPSA) is 50.3 Å². The highest BCUT2D eigenvalue weighted by atomic mass is 16.5. The van der Waals surface area contributed by atoms with Crippen LogP contribution >= 0.6 is 0 Å². The van der Waals surface area contributed by atoms with Gasteiger partial charge in [0.05, 0.1) is 7.11 Å². The molecule has 0 atom stereocenters. The molecule has 1 N–H and O–H groups in total. The number of aromatic nitrogens is 2. The maximum atomic E-state index is 5.19. The Labute approximate surface area is 154 Å². The number of para-hydroxylation sites is 1. The average molecular weight is 348 g/mol. The summed E-state index contributed by atoms with van der Waals surface area (Å²) in [6, 6.07) is 20.2. The van der Waals surface area contributed by atoms with E-state index in [1.54, 1.807) is 13.3 Å². The van der Waals surface area contributed by atoms with Crippen LogP contribution < -0.4 is 15.0 Å². The van der Waals surface area contributed by atoms with Gasteiger partial charge in [-0.1, -0.05) is 30.3 Å². The molecule has 0 spiro atoms. The van der Waals surface area contributed by atoms with Gasteiger partial charge in [-0.05, 0) is 49.2 Å². The molecule has 2 aromatic carbocycles.